The largest absolute Gasteiger partial charge is 0.469 e. The summed E-state index contributed by atoms with van der Waals surface area (Å²) in [5, 5.41) is 11.5. The van der Waals surface area contributed by atoms with Crippen LogP contribution in [0.5, 0.6) is 0 Å². The van der Waals surface area contributed by atoms with Crippen LogP contribution < -0.4 is 0 Å². The summed E-state index contributed by atoms with van der Waals surface area (Å²) in [5.74, 6) is -0.457. The van der Waals surface area contributed by atoms with Gasteiger partial charge in [-0.25, -0.2) is 4.79 Å². The molecule has 24 heavy (non-hydrogen) atoms. The number of esters is 1. The molecule has 0 saturated carbocycles. The highest BCUT2D eigenvalue weighted by Crippen LogP contribution is 2.41. The maximum atomic E-state index is 12.2. The van der Waals surface area contributed by atoms with E-state index >= 15 is 0 Å². The molecular formula is C16H28N2O6. The highest BCUT2D eigenvalue weighted by Gasteiger charge is 2.50. The van der Waals surface area contributed by atoms with Gasteiger partial charge >= 0.3 is 12.1 Å². The van der Waals surface area contributed by atoms with Crippen molar-refractivity contribution in [2.45, 2.75) is 65.0 Å². The summed E-state index contributed by atoms with van der Waals surface area (Å²) in [6.07, 6.45) is 0.645. The molecule has 1 atom stereocenters. The van der Waals surface area contributed by atoms with Gasteiger partial charge in [0.2, 0.25) is 6.04 Å². The molecule has 0 aromatic heterocycles. The zero-order valence-corrected chi connectivity index (χ0v) is 15.2. The number of nitro groups is 1. The van der Waals surface area contributed by atoms with Crippen molar-refractivity contribution in [1.29, 1.82) is 0 Å². The van der Waals surface area contributed by atoms with Gasteiger partial charge in [-0.15, -0.1) is 0 Å². The molecule has 1 aliphatic rings. The van der Waals surface area contributed by atoms with Crippen molar-refractivity contribution in [2.24, 2.45) is 5.41 Å². The molecule has 8 nitrogen and oxygen atoms in total. The minimum atomic E-state index is -0.836. The van der Waals surface area contributed by atoms with Gasteiger partial charge < -0.3 is 14.4 Å². The van der Waals surface area contributed by atoms with Gasteiger partial charge in [-0.3, -0.25) is 14.9 Å². The first-order valence-corrected chi connectivity index (χ1v) is 8.23. The zero-order chi connectivity index (χ0) is 18.5. The number of hydrogen-bond acceptors (Lipinski definition) is 6. The van der Waals surface area contributed by atoms with Gasteiger partial charge in [-0.1, -0.05) is 6.92 Å². The van der Waals surface area contributed by atoms with Crippen LogP contribution in [-0.4, -0.2) is 53.7 Å². The molecule has 0 N–H and O–H groups in total. The first kappa shape index (κ1) is 20.2. The number of amides is 1. The highest BCUT2D eigenvalue weighted by molar-refractivity contribution is 5.71. The third kappa shape index (κ3) is 5.07. The third-order valence-electron chi connectivity index (χ3n) is 4.48. The van der Waals surface area contributed by atoms with Crippen LogP contribution >= 0.6 is 0 Å². The molecule has 0 aliphatic carbocycles. The molecule has 0 aromatic rings. The quantitative estimate of drug-likeness (QED) is 0.432. The molecule has 0 bridgehead atoms. The monoisotopic (exact) mass is 344 g/mol. The van der Waals surface area contributed by atoms with Crippen molar-refractivity contribution >= 4 is 12.1 Å². The summed E-state index contributed by atoms with van der Waals surface area (Å²) in [6, 6.07) is -0.836. The maximum Gasteiger partial charge on any atom is 0.410 e. The second-order valence-corrected chi connectivity index (χ2v) is 7.29. The predicted octanol–water partition coefficient (Wildman–Crippen LogP) is 2.62. The van der Waals surface area contributed by atoms with E-state index < -0.39 is 29.1 Å². The van der Waals surface area contributed by atoms with E-state index in [9.17, 15) is 19.7 Å². The molecule has 1 saturated heterocycles. The average molecular weight is 344 g/mol. The summed E-state index contributed by atoms with van der Waals surface area (Å²) < 4.78 is 10.1. The van der Waals surface area contributed by atoms with Gasteiger partial charge in [-0.05, 0) is 33.6 Å². The lowest BCUT2D eigenvalue weighted by atomic mass is 9.69. The van der Waals surface area contributed by atoms with Gasteiger partial charge in [0.15, 0.2) is 0 Å². The summed E-state index contributed by atoms with van der Waals surface area (Å²) in [7, 11) is 1.28. The van der Waals surface area contributed by atoms with Gasteiger partial charge in [0.1, 0.15) is 5.60 Å². The molecule has 1 rings (SSSR count). The van der Waals surface area contributed by atoms with Crippen molar-refractivity contribution in [3.05, 3.63) is 10.1 Å². The molecule has 8 heteroatoms. The van der Waals surface area contributed by atoms with Crippen molar-refractivity contribution in [1.82, 2.24) is 4.90 Å². The molecule has 1 aliphatic heterocycles. The molecule has 0 radical (unpaired) electrons. The number of hydrogen-bond donors (Lipinski definition) is 0. The molecule has 1 amide bonds. The first-order chi connectivity index (χ1) is 11.0. The number of likely N-dealkylation sites (tertiary alicyclic amines) is 1. The molecular weight excluding hydrogens is 316 g/mol. The van der Waals surface area contributed by atoms with Gasteiger partial charge in [-0.2, -0.15) is 0 Å². The Bertz CT molecular complexity index is 477. The summed E-state index contributed by atoms with van der Waals surface area (Å²) >= 11 is 0. The van der Waals surface area contributed by atoms with E-state index in [-0.39, 0.29) is 11.3 Å². The van der Waals surface area contributed by atoms with E-state index in [1.165, 1.54) is 7.11 Å². The number of carbonyl (C=O) groups excluding carboxylic acids is 2. The van der Waals surface area contributed by atoms with Crippen LogP contribution in [0.1, 0.15) is 53.4 Å². The second kappa shape index (κ2) is 7.81. The number of ether oxygens (including phenoxy) is 2. The SMILES string of the molecule is CC[C@H]([N+](=O)[O-])C1(CC(=O)OC)CCN(C(=O)OC(C)(C)C)CC1. The van der Waals surface area contributed by atoms with Crippen LogP contribution in [0.2, 0.25) is 0 Å². The van der Waals surface area contributed by atoms with Crippen LogP contribution in [0.4, 0.5) is 4.79 Å². The Balaban J connectivity index is 2.89. The summed E-state index contributed by atoms with van der Waals surface area (Å²) in [6.45, 7) is 7.77. The van der Waals surface area contributed by atoms with E-state index in [1.54, 1.807) is 32.6 Å². The average Bonchev–Trinajstić information content (AvgIpc) is 2.46. The Labute approximate surface area is 142 Å². The maximum absolute atomic E-state index is 12.2. The zero-order valence-electron chi connectivity index (χ0n) is 15.2. The lowest BCUT2D eigenvalue weighted by Crippen LogP contribution is -2.52. The van der Waals surface area contributed by atoms with Crippen molar-refractivity contribution in [3.63, 3.8) is 0 Å². The minimum absolute atomic E-state index is 0.00878. The number of piperidine rings is 1. The Hall–Kier alpha value is -1.86. The van der Waals surface area contributed by atoms with Crippen LogP contribution in [-0.2, 0) is 14.3 Å². The van der Waals surface area contributed by atoms with Crippen molar-refractivity contribution < 1.29 is 24.0 Å². The van der Waals surface area contributed by atoms with Crippen LogP contribution in [0.25, 0.3) is 0 Å². The van der Waals surface area contributed by atoms with Gasteiger partial charge in [0, 0.05) is 24.4 Å². The lowest BCUT2D eigenvalue weighted by molar-refractivity contribution is -0.544. The van der Waals surface area contributed by atoms with Crippen LogP contribution in [0.15, 0.2) is 0 Å². The van der Waals surface area contributed by atoms with E-state index in [4.69, 9.17) is 9.47 Å². The Morgan fingerprint density at radius 3 is 2.21 bits per heavy atom. The van der Waals surface area contributed by atoms with Crippen molar-refractivity contribution in [3.8, 4) is 0 Å². The van der Waals surface area contributed by atoms with Crippen molar-refractivity contribution in [2.75, 3.05) is 20.2 Å². The number of carbonyl (C=O) groups is 2. The lowest BCUT2D eigenvalue weighted by Gasteiger charge is -2.42. The topological polar surface area (TPSA) is 99.0 Å². The summed E-state index contributed by atoms with van der Waals surface area (Å²) in [4.78, 5) is 36.6. The van der Waals surface area contributed by atoms with Gasteiger partial charge in [0.25, 0.3) is 0 Å². The predicted molar refractivity (Wildman–Crippen MR) is 87.2 cm³/mol. The molecule has 1 heterocycles. The summed E-state index contributed by atoms with van der Waals surface area (Å²) in [5.41, 5.74) is -1.38. The highest BCUT2D eigenvalue weighted by atomic mass is 16.6. The Kier molecular flexibility index (Phi) is 6.57. The first-order valence-electron chi connectivity index (χ1n) is 8.23. The second-order valence-electron chi connectivity index (χ2n) is 7.29. The van der Waals surface area contributed by atoms with Gasteiger partial charge in [0.05, 0.1) is 18.9 Å². The van der Waals surface area contributed by atoms with E-state index in [2.05, 4.69) is 0 Å². The molecule has 0 aromatic carbocycles. The van der Waals surface area contributed by atoms with Crippen LogP contribution in [0.3, 0.4) is 0 Å². The molecule has 1 fully saturated rings. The van der Waals surface area contributed by atoms with E-state index in [0.29, 0.717) is 32.4 Å². The fraction of sp³-hybridized carbons (Fsp3) is 0.875. The standard InChI is InChI=1S/C16H28N2O6/c1-6-12(18(21)22)16(11-13(19)23-5)7-9-17(10-8-16)14(20)24-15(2,3)4/h12H,6-11H2,1-5H3/t12-/m0/s1. The minimum Gasteiger partial charge on any atom is -0.469 e. The van der Waals surface area contributed by atoms with E-state index in [1.807, 2.05) is 0 Å². The number of nitrogens with zero attached hydrogens (tertiary/aromatic N) is 2. The normalized spacial score (nSPS) is 18.6. The fourth-order valence-electron chi connectivity index (χ4n) is 3.25. The third-order valence-corrected chi connectivity index (χ3v) is 4.48. The molecule has 138 valence electrons. The molecule has 0 unspecified atom stereocenters. The Morgan fingerprint density at radius 1 is 1.29 bits per heavy atom. The smallest absolute Gasteiger partial charge is 0.410 e. The van der Waals surface area contributed by atoms with E-state index in [0.717, 1.165) is 0 Å². The van der Waals surface area contributed by atoms with Crippen LogP contribution in [0, 0.1) is 15.5 Å². The molecule has 0 spiro atoms. The number of methoxy groups -OCH3 is 1. The Morgan fingerprint density at radius 2 is 1.83 bits per heavy atom. The fourth-order valence-corrected chi connectivity index (χ4v) is 3.25. The number of rotatable bonds is 5.